The molecule has 8 nitrogen and oxygen atoms in total. The van der Waals surface area contributed by atoms with Gasteiger partial charge in [-0.25, -0.2) is 14.6 Å². The van der Waals surface area contributed by atoms with Gasteiger partial charge in [0.1, 0.15) is 11.3 Å². The molecule has 156 valence electrons. The first kappa shape index (κ1) is 19.7. The molecule has 3 aromatic heterocycles. The highest BCUT2D eigenvalue weighted by Crippen LogP contribution is 2.28. The fourth-order valence-electron chi connectivity index (χ4n) is 3.34. The lowest BCUT2D eigenvalue weighted by molar-refractivity contribution is -0.141. The summed E-state index contributed by atoms with van der Waals surface area (Å²) in [5.41, 5.74) is -2.04. The van der Waals surface area contributed by atoms with Crippen molar-refractivity contribution in [2.75, 3.05) is 0 Å². The number of halogens is 3. The van der Waals surface area contributed by atoms with Crippen LogP contribution < -0.4 is 17.0 Å². The second-order valence-electron chi connectivity index (χ2n) is 6.70. The SMILES string of the molecule is Cn1c(=O)n(CCCn2c(=O)oc3ccccc32)c(=O)c2ccc(C(F)(F)F)nc21. The van der Waals surface area contributed by atoms with E-state index in [-0.39, 0.29) is 30.5 Å². The Labute approximate surface area is 165 Å². The number of hydrogen-bond donors (Lipinski definition) is 0. The molecule has 0 saturated carbocycles. The second-order valence-corrected chi connectivity index (χ2v) is 6.70. The van der Waals surface area contributed by atoms with Crippen molar-refractivity contribution >= 4 is 22.1 Å². The molecule has 0 aliphatic heterocycles. The summed E-state index contributed by atoms with van der Waals surface area (Å²) < 4.78 is 47.1. The van der Waals surface area contributed by atoms with Crippen molar-refractivity contribution in [3.05, 3.63) is 73.5 Å². The van der Waals surface area contributed by atoms with Crippen molar-refractivity contribution in [3.63, 3.8) is 0 Å². The molecule has 0 atom stereocenters. The van der Waals surface area contributed by atoms with Gasteiger partial charge in [0.15, 0.2) is 5.58 Å². The molecule has 0 amide bonds. The third-order valence-corrected chi connectivity index (χ3v) is 4.81. The van der Waals surface area contributed by atoms with Gasteiger partial charge in [-0.3, -0.25) is 18.5 Å². The van der Waals surface area contributed by atoms with E-state index in [1.54, 1.807) is 24.3 Å². The van der Waals surface area contributed by atoms with E-state index in [0.29, 0.717) is 17.2 Å². The van der Waals surface area contributed by atoms with Gasteiger partial charge in [0.05, 0.1) is 10.9 Å². The summed E-state index contributed by atoms with van der Waals surface area (Å²) in [6.45, 7) is 0.156. The molecule has 0 radical (unpaired) electrons. The Hall–Kier alpha value is -3.63. The third-order valence-electron chi connectivity index (χ3n) is 4.81. The quantitative estimate of drug-likeness (QED) is 0.504. The Morgan fingerprint density at radius 1 is 1.00 bits per heavy atom. The molecule has 0 N–H and O–H groups in total. The minimum atomic E-state index is -4.69. The van der Waals surface area contributed by atoms with Gasteiger partial charge in [-0.15, -0.1) is 0 Å². The Morgan fingerprint density at radius 2 is 1.70 bits per heavy atom. The first-order chi connectivity index (χ1) is 14.2. The highest BCUT2D eigenvalue weighted by molar-refractivity contribution is 5.74. The van der Waals surface area contributed by atoms with E-state index in [2.05, 4.69) is 4.98 Å². The highest BCUT2D eigenvalue weighted by atomic mass is 19.4. The van der Waals surface area contributed by atoms with Crippen molar-refractivity contribution < 1.29 is 17.6 Å². The summed E-state index contributed by atoms with van der Waals surface area (Å²) in [4.78, 5) is 40.7. The summed E-state index contributed by atoms with van der Waals surface area (Å²) in [5, 5.41) is -0.101. The van der Waals surface area contributed by atoms with Crippen LogP contribution in [0.1, 0.15) is 12.1 Å². The number of aromatic nitrogens is 4. The number of alkyl halides is 3. The van der Waals surface area contributed by atoms with Crippen LogP contribution in [0.15, 0.2) is 55.2 Å². The van der Waals surface area contributed by atoms with Crippen LogP contribution in [0.2, 0.25) is 0 Å². The number of para-hydroxylation sites is 2. The Kier molecular flexibility index (Phi) is 4.60. The van der Waals surface area contributed by atoms with E-state index in [1.165, 1.54) is 11.6 Å². The van der Waals surface area contributed by atoms with Gasteiger partial charge in [0, 0.05) is 20.1 Å². The maximum atomic E-state index is 12.9. The number of oxazole rings is 1. The summed E-state index contributed by atoms with van der Waals surface area (Å²) in [6, 6.07) is 8.56. The number of rotatable bonds is 4. The summed E-state index contributed by atoms with van der Waals surface area (Å²) in [6.07, 6.45) is -4.45. The Morgan fingerprint density at radius 3 is 2.43 bits per heavy atom. The minimum absolute atomic E-state index is 0.0333. The topological polar surface area (TPSA) is 92.0 Å². The average molecular weight is 420 g/mol. The highest BCUT2D eigenvalue weighted by Gasteiger charge is 2.33. The number of hydrogen-bond acceptors (Lipinski definition) is 5. The lowest BCUT2D eigenvalue weighted by Gasteiger charge is -2.12. The van der Waals surface area contributed by atoms with Crippen LogP contribution in [0.3, 0.4) is 0 Å². The van der Waals surface area contributed by atoms with E-state index in [1.807, 2.05) is 0 Å². The first-order valence-electron chi connectivity index (χ1n) is 8.94. The molecule has 11 heteroatoms. The molecule has 3 heterocycles. The summed E-state index contributed by atoms with van der Waals surface area (Å²) in [7, 11) is 1.25. The van der Waals surface area contributed by atoms with E-state index in [4.69, 9.17) is 4.42 Å². The smallest absolute Gasteiger partial charge is 0.408 e. The maximum Gasteiger partial charge on any atom is 0.433 e. The van der Waals surface area contributed by atoms with E-state index in [9.17, 15) is 27.6 Å². The van der Waals surface area contributed by atoms with Crippen LogP contribution >= 0.6 is 0 Å². The standard InChI is InChI=1S/C19H15F3N4O4/c1-24-15-11(7-8-14(23-15)19(20,21)22)16(27)26(17(24)28)10-4-9-25-12-5-2-3-6-13(12)30-18(25)29/h2-3,5-8H,4,9-10H2,1H3. The molecular weight excluding hydrogens is 405 g/mol. The summed E-state index contributed by atoms with van der Waals surface area (Å²) in [5.74, 6) is -0.557. The molecular formula is C19H15F3N4O4. The first-order valence-corrected chi connectivity index (χ1v) is 8.94. The van der Waals surface area contributed by atoms with Crippen molar-refractivity contribution in [1.29, 1.82) is 0 Å². The van der Waals surface area contributed by atoms with Gasteiger partial charge in [0.25, 0.3) is 5.56 Å². The number of pyridine rings is 1. The molecule has 0 aliphatic carbocycles. The number of fused-ring (bicyclic) bond motifs is 2. The fraction of sp³-hybridized carbons (Fsp3) is 0.263. The van der Waals surface area contributed by atoms with Gasteiger partial charge in [-0.2, -0.15) is 13.2 Å². The second kappa shape index (κ2) is 7.01. The number of aryl methyl sites for hydroxylation is 2. The van der Waals surface area contributed by atoms with Crippen LogP contribution in [0.5, 0.6) is 0 Å². The predicted molar refractivity (Wildman–Crippen MR) is 101 cm³/mol. The zero-order chi connectivity index (χ0) is 21.6. The number of benzene rings is 1. The average Bonchev–Trinajstić information content (AvgIpc) is 3.03. The van der Waals surface area contributed by atoms with Crippen LogP contribution in [-0.4, -0.2) is 18.7 Å². The van der Waals surface area contributed by atoms with E-state index in [0.717, 1.165) is 15.2 Å². The molecule has 0 bridgehead atoms. The molecule has 1 aromatic carbocycles. The molecule has 0 unspecified atom stereocenters. The van der Waals surface area contributed by atoms with E-state index >= 15 is 0 Å². The van der Waals surface area contributed by atoms with Crippen molar-refractivity contribution in [1.82, 2.24) is 18.7 Å². The largest absolute Gasteiger partial charge is 0.433 e. The maximum absolute atomic E-state index is 12.9. The van der Waals surface area contributed by atoms with Crippen molar-refractivity contribution in [2.45, 2.75) is 25.7 Å². The third kappa shape index (κ3) is 3.21. The molecule has 4 rings (SSSR count). The molecule has 0 spiro atoms. The van der Waals surface area contributed by atoms with Gasteiger partial charge in [0.2, 0.25) is 0 Å². The molecule has 0 aliphatic rings. The van der Waals surface area contributed by atoms with Gasteiger partial charge in [-0.1, -0.05) is 12.1 Å². The van der Waals surface area contributed by atoms with Crippen LogP contribution in [0.25, 0.3) is 22.1 Å². The Bertz CT molecular complexity index is 1440. The fourth-order valence-corrected chi connectivity index (χ4v) is 3.34. The predicted octanol–water partition coefficient (Wildman–Crippen LogP) is 2.11. The van der Waals surface area contributed by atoms with Crippen molar-refractivity contribution in [3.8, 4) is 0 Å². The molecule has 30 heavy (non-hydrogen) atoms. The lowest BCUT2D eigenvalue weighted by Crippen LogP contribution is -2.40. The minimum Gasteiger partial charge on any atom is -0.408 e. The van der Waals surface area contributed by atoms with Crippen LogP contribution in [0, 0.1) is 0 Å². The van der Waals surface area contributed by atoms with Crippen LogP contribution in [0.4, 0.5) is 13.2 Å². The summed E-state index contributed by atoms with van der Waals surface area (Å²) >= 11 is 0. The lowest BCUT2D eigenvalue weighted by atomic mass is 10.2. The zero-order valence-corrected chi connectivity index (χ0v) is 15.6. The zero-order valence-electron chi connectivity index (χ0n) is 15.6. The van der Waals surface area contributed by atoms with E-state index < -0.39 is 28.9 Å². The number of nitrogens with zero attached hydrogens (tertiary/aromatic N) is 4. The van der Waals surface area contributed by atoms with Crippen LogP contribution in [-0.2, 0) is 26.3 Å². The normalized spacial score (nSPS) is 12.1. The molecule has 4 aromatic rings. The van der Waals surface area contributed by atoms with Gasteiger partial charge < -0.3 is 4.42 Å². The Balaban J connectivity index is 1.68. The molecule has 0 saturated heterocycles. The van der Waals surface area contributed by atoms with Crippen molar-refractivity contribution in [2.24, 2.45) is 7.05 Å². The van der Waals surface area contributed by atoms with Gasteiger partial charge >= 0.3 is 17.6 Å². The van der Waals surface area contributed by atoms with Gasteiger partial charge in [-0.05, 0) is 30.7 Å². The monoisotopic (exact) mass is 420 g/mol. The molecule has 0 fully saturated rings.